The van der Waals surface area contributed by atoms with E-state index in [2.05, 4.69) is 0 Å². The third-order valence-electron chi connectivity index (χ3n) is 3.04. The summed E-state index contributed by atoms with van der Waals surface area (Å²) < 4.78 is 13.3. The van der Waals surface area contributed by atoms with Crippen molar-refractivity contribution in [2.45, 2.75) is 19.4 Å². The molecule has 1 atom stereocenters. The highest BCUT2D eigenvalue weighted by atomic mass is 35.5. The standard InChI is InChI=1S/C15H13Cl2FO/c1-9-7-11(16)5-6-12(9)14(19)8-10-3-2-4-13(18)15(10)17/h2-7,14,19H,8H2,1H3. The van der Waals surface area contributed by atoms with Crippen molar-refractivity contribution in [2.24, 2.45) is 0 Å². The van der Waals surface area contributed by atoms with Gasteiger partial charge in [0.2, 0.25) is 0 Å². The Morgan fingerprint density at radius 3 is 2.63 bits per heavy atom. The summed E-state index contributed by atoms with van der Waals surface area (Å²) in [7, 11) is 0. The molecule has 2 aromatic carbocycles. The van der Waals surface area contributed by atoms with Gasteiger partial charge in [0, 0.05) is 11.4 Å². The third kappa shape index (κ3) is 3.27. The Morgan fingerprint density at radius 1 is 1.21 bits per heavy atom. The van der Waals surface area contributed by atoms with E-state index < -0.39 is 11.9 Å². The van der Waals surface area contributed by atoms with Crippen LogP contribution >= 0.6 is 23.2 Å². The van der Waals surface area contributed by atoms with Crippen LogP contribution in [0.4, 0.5) is 4.39 Å². The van der Waals surface area contributed by atoms with Gasteiger partial charge in [0.05, 0.1) is 11.1 Å². The van der Waals surface area contributed by atoms with E-state index in [4.69, 9.17) is 23.2 Å². The summed E-state index contributed by atoms with van der Waals surface area (Å²) in [5, 5.41) is 10.9. The fourth-order valence-electron chi connectivity index (χ4n) is 2.04. The van der Waals surface area contributed by atoms with Crippen molar-refractivity contribution in [1.29, 1.82) is 0 Å². The highest BCUT2D eigenvalue weighted by molar-refractivity contribution is 6.31. The minimum Gasteiger partial charge on any atom is -0.388 e. The molecule has 0 spiro atoms. The van der Waals surface area contributed by atoms with E-state index in [1.807, 2.05) is 6.92 Å². The summed E-state index contributed by atoms with van der Waals surface area (Å²) in [4.78, 5) is 0. The molecule has 1 unspecified atom stereocenters. The molecule has 0 aliphatic heterocycles. The lowest BCUT2D eigenvalue weighted by atomic mass is 9.98. The minimum atomic E-state index is -0.739. The predicted molar refractivity (Wildman–Crippen MR) is 76.3 cm³/mol. The molecular formula is C15H13Cl2FO. The summed E-state index contributed by atoms with van der Waals surface area (Å²) >= 11 is 11.8. The van der Waals surface area contributed by atoms with Gasteiger partial charge in [-0.05, 0) is 41.8 Å². The van der Waals surface area contributed by atoms with Gasteiger partial charge in [0.15, 0.2) is 0 Å². The second-order valence-electron chi connectivity index (χ2n) is 4.43. The van der Waals surface area contributed by atoms with Crippen LogP contribution in [0.3, 0.4) is 0 Å². The van der Waals surface area contributed by atoms with Crippen molar-refractivity contribution >= 4 is 23.2 Å². The largest absolute Gasteiger partial charge is 0.388 e. The number of benzene rings is 2. The van der Waals surface area contributed by atoms with Gasteiger partial charge in [-0.1, -0.05) is 41.4 Å². The molecule has 19 heavy (non-hydrogen) atoms. The van der Waals surface area contributed by atoms with Gasteiger partial charge >= 0.3 is 0 Å². The molecule has 0 amide bonds. The van der Waals surface area contributed by atoms with Gasteiger partial charge in [0.1, 0.15) is 5.82 Å². The zero-order chi connectivity index (χ0) is 14.0. The summed E-state index contributed by atoms with van der Waals surface area (Å²) in [5.74, 6) is -0.473. The molecule has 0 saturated carbocycles. The van der Waals surface area contributed by atoms with Crippen molar-refractivity contribution < 1.29 is 9.50 Å². The van der Waals surface area contributed by atoms with Crippen molar-refractivity contribution in [2.75, 3.05) is 0 Å². The molecule has 1 nitrogen and oxygen atoms in total. The highest BCUT2D eigenvalue weighted by Crippen LogP contribution is 2.28. The molecule has 1 N–H and O–H groups in total. The van der Waals surface area contributed by atoms with Gasteiger partial charge in [-0.2, -0.15) is 0 Å². The Kier molecular flexibility index (Phi) is 4.46. The maximum absolute atomic E-state index is 13.3. The van der Waals surface area contributed by atoms with E-state index >= 15 is 0 Å². The van der Waals surface area contributed by atoms with Crippen LogP contribution in [0.25, 0.3) is 0 Å². The monoisotopic (exact) mass is 298 g/mol. The summed E-state index contributed by atoms with van der Waals surface area (Å²) in [5.41, 5.74) is 2.25. The van der Waals surface area contributed by atoms with Crippen LogP contribution in [0.5, 0.6) is 0 Å². The lowest BCUT2D eigenvalue weighted by Gasteiger charge is -2.15. The van der Waals surface area contributed by atoms with E-state index in [1.54, 1.807) is 30.3 Å². The number of hydrogen-bond acceptors (Lipinski definition) is 1. The summed E-state index contributed by atoms with van der Waals surface area (Å²) in [6.07, 6.45) is -0.476. The van der Waals surface area contributed by atoms with Gasteiger partial charge in [-0.25, -0.2) is 4.39 Å². The SMILES string of the molecule is Cc1cc(Cl)ccc1C(O)Cc1cccc(F)c1Cl. The number of aliphatic hydroxyl groups is 1. The van der Waals surface area contributed by atoms with Crippen LogP contribution in [-0.4, -0.2) is 5.11 Å². The first kappa shape index (κ1) is 14.3. The molecule has 0 heterocycles. The van der Waals surface area contributed by atoms with Gasteiger partial charge in [-0.15, -0.1) is 0 Å². The smallest absolute Gasteiger partial charge is 0.142 e. The van der Waals surface area contributed by atoms with Crippen LogP contribution < -0.4 is 0 Å². The first-order valence-electron chi connectivity index (χ1n) is 5.86. The Balaban J connectivity index is 2.25. The first-order chi connectivity index (χ1) is 8.99. The second kappa shape index (κ2) is 5.91. The molecular weight excluding hydrogens is 286 g/mol. The summed E-state index contributed by atoms with van der Waals surface area (Å²) in [6, 6.07) is 9.87. The highest BCUT2D eigenvalue weighted by Gasteiger charge is 2.14. The molecule has 0 aliphatic rings. The predicted octanol–water partition coefficient (Wildman–Crippen LogP) is 4.72. The Hall–Kier alpha value is -1.09. The minimum absolute atomic E-state index is 0.0631. The molecule has 0 aromatic heterocycles. The van der Waals surface area contributed by atoms with Crippen LogP contribution in [0.2, 0.25) is 10.0 Å². The maximum Gasteiger partial charge on any atom is 0.142 e. The zero-order valence-electron chi connectivity index (χ0n) is 10.3. The Morgan fingerprint density at radius 2 is 1.95 bits per heavy atom. The second-order valence-corrected chi connectivity index (χ2v) is 5.25. The number of aryl methyl sites for hydroxylation is 1. The average molecular weight is 299 g/mol. The third-order valence-corrected chi connectivity index (χ3v) is 3.69. The zero-order valence-corrected chi connectivity index (χ0v) is 11.8. The van der Waals surface area contributed by atoms with E-state index in [0.717, 1.165) is 11.1 Å². The van der Waals surface area contributed by atoms with E-state index in [1.165, 1.54) is 6.07 Å². The lowest BCUT2D eigenvalue weighted by Crippen LogP contribution is -2.04. The molecule has 0 radical (unpaired) electrons. The van der Waals surface area contributed by atoms with Crippen molar-refractivity contribution in [3.8, 4) is 0 Å². The lowest BCUT2D eigenvalue weighted by molar-refractivity contribution is 0.177. The van der Waals surface area contributed by atoms with Gasteiger partial charge < -0.3 is 5.11 Å². The number of rotatable bonds is 3. The van der Waals surface area contributed by atoms with Crippen molar-refractivity contribution in [3.05, 3.63) is 69.0 Å². The van der Waals surface area contributed by atoms with Crippen LogP contribution in [0.15, 0.2) is 36.4 Å². The topological polar surface area (TPSA) is 20.2 Å². The molecule has 4 heteroatoms. The summed E-state index contributed by atoms with van der Waals surface area (Å²) in [6.45, 7) is 1.87. The molecule has 0 bridgehead atoms. The molecule has 2 aromatic rings. The number of aliphatic hydroxyl groups excluding tert-OH is 1. The molecule has 2 rings (SSSR count). The van der Waals surface area contributed by atoms with Crippen molar-refractivity contribution in [3.63, 3.8) is 0 Å². The first-order valence-corrected chi connectivity index (χ1v) is 6.61. The number of hydrogen-bond donors (Lipinski definition) is 1. The molecule has 0 aliphatic carbocycles. The van der Waals surface area contributed by atoms with E-state index in [-0.39, 0.29) is 11.4 Å². The normalized spacial score (nSPS) is 12.5. The van der Waals surface area contributed by atoms with Crippen LogP contribution in [0.1, 0.15) is 22.8 Å². The van der Waals surface area contributed by atoms with Gasteiger partial charge in [-0.3, -0.25) is 0 Å². The Bertz CT molecular complexity index is 599. The molecule has 0 saturated heterocycles. The van der Waals surface area contributed by atoms with Crippen LogP contribution in [0, 0.1) is 12.7 Å². The van der Waals surface area contributed by atoms with E-state index in [0.29, 0.717) is 10.6 Å². The Labute approximate surface area is 121 Å². The number of halogens is 3. The molecule has 0 fully saturated rings. The van der Waals surface area contributed by atoms with E-state index in [9.17, 15) is 9.50 Å². The molecule has 100 valence electrons. The fraction of sp³-hybridized carbons (Fsp3) is 0.200. The fourth-order valence-corrected chi connectivity index (χ4v) is 2.47. The maximum atomic E-state index is 13.3. The van der Waals surface area contributed by atoms with Crippen molar-refractivity contribution in [1.82, 2.24) is 0 Å². The van der Waals surface area contributed by atoms with Crippen LogP contribution in [-0.2, 0) is 6.42 Å². The quantitative estimate of drug-likeness (QED) is 0.869. The van der Waals surface area contributed by atoms with Gasteiger partial charge in [0.25, 0.3) is 0 Å². The average Bonchev–Trinajstić information content (AvgIpc) is 2.34.